The highest BCUT2D eigenvalue weighted by Crippen LogP contribution is 2.26. The minimum absolute atomic E-state index is 0.319. The van der Waals surface area contributed by atoms with Crippen molar-refractivity contribution in [2.24, 2.45) is 0 Å². The lowest BCUT2D eigenvalue weighted by atomic mass is 10.0. The molecular weight excluding hydrogens is 443 g/mol. The van der Waals surface area contributed by atoms with Crippen LogP contribution < -0.4 is 10.6 Å². The van der Waals surface area contributed by atoms with Crippen molar-refractivity contribution in [1.82, 2.24) is 5.32 Å². The average Bonchev–Trinajstić information content (AvgIpc) is 2.80. The van der Waals surface area contributed by atoms with Gasteiger partial charge in [0.15, 0.2) is 0 Å². The van der Waals surface area contributed by atoms with Crippen LogP contribution in [-0.4, -0.2) is 17.9 Å². The molecular formula is C26H20Cl2N2O2. The molecule has 4 aromatic carbocycles. The SMILES string of the molecule is O=C(NC(Cc1ccccc1)C(=O)Nc1ccc(Cl)cc1Cl)c1cccc2ccccc12. The predicted molar refractivity (Wildman–Crippen MR) is 130 cm³/mol. The fourth-order valence-corrected chi connectivity index (χ4v) is 3.98. The van der Waals surface area contributed by atoms with Crippen LogP contribution in [0.5, 0.6) is 0 Å². The Morgan fingerprint density at radius 3 is 2.31 bits per heavy atom. The lowest BCUT2D eigenvalue weighted by Gasteiger charge is -2.20. The molecule has 4 aromatic rings. The van der Waals surface area contributed by atoms with Gasteiger partial charge in [0.05, 0.1) is 10.7 Å². The van der Waals surface area contributed by atoms with Crippen molar-refractivity contribution < 1.29 is 9.59 Å². The molecule has 0 aliphatic carbocycles. The fraction of sp³-hybridized carbons (Fsp3) is 0.0769. The van der Waals surface area contributed by atoms with Gasteiger partial charge in [-0.2, -0.15) is 0 Å². The van der Waals surface area contributed by atoms with Gasteiger partial charge in [-0.3, -0.25) is 9.59 Å². The van der Waals surface area contributed by atoms with Gasteiger partial charge in [-0.25, -0.2) is 0 Å². The Morgan fingerprint density at radius 1 is 0.812 bits per heavy atom. The van der Waals surface area contributed by atoms with E-state index in [2.05, 4.69) is 10.6 Å². The molecule has 0 heterocycles. The summed E-state index contributed by atoms with van der Waals surface area (Å²) in [5, 5.41) is 8.29. The van der Waals surface area contributed by atoms with Crippen LogP contribution in [0.2, 0.25) is 10.0 Å². The van der Waals surface area contributed by atoms with E-state index in [0.717, 1.165) is 16.3 Å². The van der Waals surface area contributed by atoms with Crippen LogP contribution in [0.3, 0.4) is 0 Å². The highest BCUT2D eigenvalue weighted by Gasteiger charge is 2.23. The zero-order valence-corrected chi connectivity index (χ0v) is 18.5. The molecule has 0 radical (unpaired) electrons. The minimum atomic E-state index is -0.810. The number of benzene rings is 4. The number of halogens is 2. The van der Waals surface area contributed by atoms with Gasteiger partial charge in [0.1, 0.15) is 6.04 Å². The summed E-state index contributed by atoms with van der Waals surface area (Å²) in [5.74, 6) is -0.688. The van der Waals surface area contributed by atoms with E-state index in [1.807, 2.05) is 66.7 Å². The third kappa shape index (κ3) is 5.10. The summed E-state index contributed by atoms with van der Waals surface area (Å²) in [6, 6.07) is 26.7. The first-order valence-corrected chi connectivity index (χ1v) is 10.9. The summed E-state index contributed by atoms with van der Waals surface area (Å²) in [6.45, 7) is 0. The normalized spacial score (nSPS) is 11.7. The number of hydrogen-bond acceptors (Lipinski definition) is 2. The van der Waals surface area contributed by atoms with Crippen LogP contribution in [0.25, 0.3) is 10.8 Å². The second-order valence-corrected chi connectivity index (χ2v) is 8.20. The summed E-state index contributed by atoms with van der Waals surface area (Å²) >= 11 is 12.2. The van der Waals surface area contributed by atoms with E-state index in [9.17, 15) is 9.59 Å². The number of carbonyl (C=O) groups is 2. The van der Waals surface area contributed by atoms with Crippen LogP contribution in [0.1, 0.15) is 15.9 Å². The van der Waals surface area contributed by atoms with Gasteiger partial charge in [0, 0.05) is 17.0 Å². The van der Waals surface area contributed by atoms with Gasteiger partial charge in [0.25, 0.3) is 5.91 Å². The van der Waals surface area contributed by atoms with Crippen molar-refractivity contribution in [3.05, 3.63) is 112 Å². The molecule has 1 unspecified atom stereocenters. The number of anilines is 1. The number of nitrogens with one attached hydrogen (secondary N) is 2. The number of amides is 2. The van der Waals surface area contributed by atoms with Crippen LogP contribution in [0.4, 0.5) is 5.69 Å². The summed E-state index contributed by atoms with van der Waals surface area (Å²) in [4.78, 5) is 26.4. The summed E-state index contributed by atoms with van der Waals surface area (Å²) in [6.07, 6.45) is 0.328. The van der Waals surface area contributed by atoms with E-state index < -0.39 is 6.04 Å². The lowest BCUT2D eigenvalue weighted by Crippen LogP contribution is -2.45. The Morgan fingerprint density at radius 2 is 1.53 bits per heavy atom. The van der Waals surface area contributed by atoms with E-state index in [-0.39, 0.29) is 11.8 Å². The molecule has 0 aromatic heterocycles. The van der Waals surface area contributed by atoms with E-state index in [4.69, 9.17) is 23.2 Å². The Bertz CT molecular complexity index is 1270. The lowest BCUT2D eigenvalue weighted by molar-refractivity contribution is -0.118. The first-order valence-electron chi connectivity index (χ1n) is 10.1. The molecule has 0 bridgehead atoms. The molecule has 2 amide bonds. The van der Waals surface area contributed by atoms with Gasteiger partial charge >= 0.3 is 0 Å². The third-order valence-electron chi connectivity index (χ3n) is 5.13. The van der Waals surface area contributed by atoms with Crippen molar-refractivity contribution in [3.8, 4) is 0 Å². The maximum absolute atomic E-state index is 13.2. The quantitative estimate of drug-likeness (QED) is 0.362. The van der Waals surface area contributed by atoms with Crippen LogP contribution in [0, 0.1) is 0 Å². The standard InChI is InChI=1S/C26H20Cl2N2O2/c27-19-13-14-23(22(28)16-19)29-26(32)24(15-17-7-2-1-3-8-17)30-25(31)21-12-6-10-18-9-4-5-11-20(18)21/h1-14,16,24H,15H2,(H,29,32)(H,30,31). The first-order chi connectivity index (χ1) is 15.5. The molecule has 160 valence electrons. The van der Waals surface area contributed by atoms with Gasteiger partial charge in [-0.05, 0) is 40.6 Å². The summed E-state index contributed by atoms with van der Waals surface area (Å²) in [5.41, 5.74) is 1.87. The van der Waals surface area contributed by atoms with E-state index in [1.54, 1.807) is 24.3 Å². The van der Waals surface area contributed by atoms with Gasteiger partial charge in [0.2, 0.25) is 5.91 Å². The Hall–Kier alpha value is -3.34. The zero-order chi connectivity index (χ0) is 22.5. The highest BCUT2D eigenvalue weighted by molar-refractivity contribution is 6.36. The molecule has 1 atom stereocenters. The van der Waals surface area contributed by atoms with E-state index >= 15 is 0 Å². The monoisotopic (exact) mass is 462 g/mol. The largest absolute Gasteiger partial charge is 0.340 e. The number of hydrogen-bond donors (Lipinski definition) is 2. The Kier molecular flexibility index (Phi) is 6.74. The fourth-order valence-electron chi connectivity index (χ4n) is 3.53. The summed E-state index contributed by atoms with van der Waals surface area (Å²) < 4.78 is 0. The second kappa shape index (κ2) is 9.86. The maximum Gasteiger partial charge on any atom is 0.252 e. The van der Waals surface area contributed by atoms with Crippen LogP contribution >= 0.6 is 23.2 Å². The van der Waals surface area contributed by atoms with Crippen LogP contribution in [0.15, 0.2) is 91.0 Å². The smallest absolute Gasteiger partial charge is 0.252 e. The molecule has 0 aliphatic heterocycles. The van der Waals surface area contributed by atoms with E-state index in [0.29, 0.717) is 27.7 Å². The number of carbonyl (C=O) groups excluding carboxylic acids is 2. The average molecular weight is 463 g/mol. The van der Waals surface area contributed by atoms with Gasteiger partial charge < -0.3 is 10.6 Å². The second-order valence-electron chi connectivity index (χ2n) is 7.36. The number of rotatable bonds is 6. The molecule has 0 saturated heterocycles. The van der Waals surface area contributed by atoms with Gasteiger partial charge in [-0.1, -0.05) is 89.9 Å². The molecule has 0 fully saturated rings. The molecule has 32 heavy (non-hydrogen) atoms. The molecule has 4 rings (SSSR count). The molecule has 4 nitrogen and oxygen atoms in total. The van der Waals surface area contributed by atoms with Crippen molar-refractivity contribution >= 4 is 51.5 Å². The topological polar surface area (TPSA) is 58.2 Å². The molecule has 6 heteroatoms. The van der Waals surface area contributed by atoms with Crippen LogP contribution in [-0.2, 0) is 11.2 Å². The minimum Gasteiger partial charge on any atom is -0.340 e. The summed E-state index contributed by atoms with van der Waals surface area (Å²) in [7, 11) is 0. The van der Waals surface area contributed by atoms with Gasteiger partial charge in [-0.15, -0.1) is 0 Å². The molecule has 0 saturated carbocycles. The van der Waals surface area contributed by atoms with Crippen molar-refractivity contribution in [2.45, 2.75) is 12.5 Å². The Labute approximate surface area is 196 Å². The third-order valence-corrected chi connectivity index (χ3v) is 5.68. The molecule has 2 N–H and O–H groups in total. The highest BCUT2D eigenvalue weighted by atomic mass is 35.5. The number of fused-ring (bicyclic) bond motifs is 1. The predicted octanol–water partition coefficient (Wildman–Crippen LogP) is 6.13. The van der Waals surface area contributed by atoms with Crippen molar-refractivity contribution in [1.29, 1.82) is 0 Å². The molecule has 0 aliphatic rings. The van der Waals surface area contributed by atoms with Crippen molar-refractivity contribution in [2.75, 3.05) is 5.32 Å². The zero-order valence-electron chi connectivity index (χ0n) is 17.0. The van der Waals surface area contributed by atoms with Crippen molar-refractivity contribution in [3.63, 3.8) is 0 Å². The van der Waals surface area contributed by atoms with E-state index in [1.165, 1.54) is 0 Å². The maximum atomic E-state index is 13.2. The first kappa shape index (κ1) is 21.9. The Balaban J connectivity index is 1.61. The molecule has 0 spiro atoms.